The minimum Gasteiger partial charge on any atom is -0.495 e. The van der Waals surface area contributed by atoms with Crippen LogP contribution in [0.5, 0.6) is 5.75 Å². The van der Waals surface area contributed by atoms with Crippen molar-refractivity contribution in [2.24, 2.45) is 5.92 Å². The molecule has 28 heavy (non-hydrogen) atoms. The fraction of sp³-hybridized carbons (Fsp3) is 0.286. The van der Waals surface area contributed by atoms with Gasteiger partial charge in [0, 0.05) is 20.0 Å². The van der Waals surface area contributed by atoms with Gasteiger partial charge in [-0.05, 0) is 36.8 Å². The van der Waals surface area contributed by atoms with Gasteiger partial charge in [-0.15, -0.1) is 0 Å². The molecule has 1 unspecified atom stereocenters. The van der Waals surface area contributed by atoms with Gasteiger partial charge in [-0.3, -0.25) is 14.5 Å². The summed E-state index contributed by atoms with van der Waals surface area (Å²) < 4.78 is 11.1. The van der Waals surface area contributed by atoms with Crippen LogP contribution in [0.25, 0.3) is 11.1 Å². The van der Waals surface area contributed by atoms with E-state index in [0.717, 1.165) is 5.56 Å². The maximum absolute atomic E-state index is 13.0. The summed E-state index contributed by atoms with van der Waals surface area (Å²) in [6, 6.07) is 13.2. The second-order valence-electron chi connectivity index (χ2n) is 6.94. The number of hydrogen-bond acceptors (Lipinski definition) is 5. The molecule has 0 aliphatic carbocycles. The third-order valence-corrected chi connectivity index (χ3v) is 5.00. The maximum Gasteiger partial charge on any atom is 0.304 e. The van der Waals surface area contributed by atoms with E-state index in [0.29, 0.717) is 29.1 Å². The van der Waals surface area contributed by atoms with E-state index in [4.69, 9.17) is 9.15 Å². The summed E-state index contributed by atoms with van der Waals surface area (Å²) in [4.78, 5) is 33.0. The van der Waals surface area contributed by atoms with Crippen LogP contribution in [0.4, 0.5) is 11.7 Å². The van der Waals surface area contributed by atoms with Gasteiger partial charge in [0.15, 0.2) is 5.58 Å². The first-order valence-electron chi connectivity index (χ1n) is 9.06. The Bertz CT molecular complexity index is 1030. The number of methoxy groups -OCH3 is 1. The highest BCUT2D eigenvalue weighted by molar-refractivity contribution is 6.04. The van der Waals surface area contributed by atoms with E-state index >= 15 is 0 Å². The number of carbonyl (C=O) groups excluding carboxylic acids is 2. The third kappa shape index (κ3) is 3.09. The quantitative estimate of drug-likeness (QED) is 0.696. The molecule has 1 aliphatic heterocycles. The van der Waals surface area contributed by atoms with Crippen LogP contribution >= 0.6 is 0 Å². The molecular formula is C21H21N3O4. The van der Waals surface area contributed by atoms with E-state index in [1.54, 1.807) is 25.1 Å². The fourth-order valence-corrected chi connectivity index (χ4v) is 3.49. The molecule has 2 aromatic carbocycles. The van der Waals surface area contributed by atoms with Gasteiger partial charge in [0.25, 0.3) is 0 Å². The number of hydrogen-bond donors (Lipinski definition) is 0. The van der Waals surface area contributed by atoms with E-state index in [1.165, 1.54) is 4.90 Å². The lowest BCUT2D eigenvalue weighted by atomic mass is 10.1. The molecule has 1 aromatic heterocycles. The molecule has 1 fully saturated rings. The Morgan fingerprint density at radius 3 is 2.82 bits per heavy atom. The summed E-state index contributed by atoms with van der Waals surface area (Å²) in [6.07, 6.45) is 0.139. The number of nitrogens with zero attached hydrogens (tertiary/aromatic N) is 3. The van der Waals surface area contributed by atoms with Crippen molar-refractivity contribution in [1.82, 2.24) is 4.98 Å². The second-order valence-corrected chi connectivity index (χ2v) is 6.94. The molecule has 7 heteroatoms. The lowest BCUT2D eigenvalue weighted by molar-refractivity contribution is -0.124. The minimum absolute atomic E-state index is 0.104. The van der Waals surface area contributed by atoms with Gasteiger partial charge < -0.3 is 14.1 Å². The zero-order valence-electron chi connectivity index (χ0n) is 16.0. The van der Waals surface area contributed by atoms with Crippen LogP contribution in [0.1, 0.15) is 12.0 Å². The molecule has 2 heterocycles. The number of aryl methyl sites for hydroxylation is 1. The number of carbonyl (C=O) groups is 2. The summed E-state index contributed by atoms with van der Waals surface area (Å²) in [5.74, 6) is -0.167. The van der Waals surface area contributed by atoms with Gasteiger partial charge in [-0.25, -0.2) is 0 Å². The highest BCUT2D eigenvalue weighted by Crippen LogP contribution is 2.34. The molecule has 1 atom stereocenters. The zero-order valence-corrected chi connectivity index (χ0v) is 16.0. The highest BCUT2D eigenvalue weighted by atomic mass is 16.5. The monoisotopic (exact) mass is 379 g/mol. The zero-order chi connectivity index (χ0) is 19.8. The summed E-state index contributed by atoms with van der Waals surface area (Å²) >= 11 is 0. The normalized spacial score (nSPS) is 16.6. The summed E-state index contributed by atoms with van der Waals surface area (Å²) in [7, 11) is 3.19. The van der Waals surface area contributed by atoms with E-state index in [-0.39, 0.29) is 24.2 Å². The van der Waals surface area contributed by atoms with Crippen molar-refractivity contribution in [1.29, 1.82) is 0 Å². The third-order valence-electron chi connectivity index (χ3n) is 5.00. The maximum atomic E-state index is 13.0. The number of anilines is 2. The van der Waals surface area contributed by atoms with Crippen LogP contribution in [-0.2, 0) is 9.59 Å². The van der Waals surface area contributed by atoms with Crippen LogP contribution in [0, 0.1) is 12.8 Å². The van der Waals surface area contributed by atoms with Crippen LogP contribution in [0.15, 0.2) is 46.9 Å². The van der Waals surface area contributed by atoms with Crippen LogP contribution in [-0.4, -0.2) is 37.5 Å². The first-order chi connectivity index (χ1) is 13.5. The number of aromatic nitrogens is 1. The standard InChI is InChI=1S/C21H21N3O4/c1-13-8-9-18(27-3)16(10-13)24-12-14(11-19(24)25)20(26)23(2)21-22-15-6-4-5-7-17(15)28-21/h4-10,14H,11-12H2,1-3H3. The Morgan fingerprint density at radius 2 is 2.07 bits per heavy atom. The van der Waals surface area contributed by atoms with Crippen LogP contribution < -0.4 is 14.5 Å². The number of amides is 2. The van der Waals surface area contributed by atoms with Crippen molar-refractivity contribution in [3.05, 3.63) is 48.0 Å². The van der Waals surface area contributed by atoms with Gasteiger partial charge >= 0.3 is 6.01 Å². The van der Waals surface area contributed by atoms with Crippen molar-refractivity contribution in [2.45, 2.75) is 13.3 Å². The lowest BCUT2D eigenvalue weighted by Gasteiger charge is -2.21. The first-order valence-corrected chi connectivity index (χ1v) is 9.06. The minimum atomic E-state index is -0.474. The molecular weight excluding hydrogens is 358 g/mol. The van der Waals surface area contributed by atoms with Gasteiger partial charge in [0.2, 0.25) is 11.8 Å². The summed E-state index contributed by atoms with van der Waals surface area (Å²) in [5, 5.41) is 0. The molecule has 7 nitrogen and oxygen atoms in total. The molecule has 3 aromatic rings. The Labute approximate surface area is 162 Å². The van der Waals surface area contributed by atoms with E-state index in [9.17, 15) is 9.59 Å². The van der Waals surface area contributed by atoms with Gasteiger partial charge in [0.1, 0.15) is 11.3 Å². The van der Waals surface area contributed by atoms with Crippen LogP contribution in [0.2, 0.25) is 0 Å². The molecule has 0 radical (unpaired) electrons. The molecule has 0 saturated carbocycles. The number of fused-ring (bicyclic) bond motifs is 1. The first kappa shape index (κ1) is 18.0. The average molecular weight is 379 g/mol. The summed E-state index contributed by atoms with van der Waals surface area (Å²) in [6.45, 7) is 2.25. The van der Waals surface area contributed by atoms with E-state index in [1.807, 2.05) is 43.3 Å². The average Bonchev–Trinajstić information content (AvgIpc) is 3.30. The molecule has 4 rings (SSSR count). The van der Waals surface area contributed by atoms with Crippen molar-refractivity contribution in [3.63, 3.8) is 0 Å². The summed E-state index contributed by atoms with van der Waals surface area (Å²) in [5.41, 5.74) is 3.01. The molecule has 144 valence electrons. The molecule has 0 spiro atoms. The number of benzene rings is 2. The van der Waals surface area contributed by atoms with Crippen molar-refractivity contribution in [3.8, 4) is 5.75 Å². The predicted octanol–water partition coefficient (Wildman–Crippen LogP) is 3.16. The van der Waals surface area contributed by atoms with Crippen molar-refractivity contribution in [2.75, 3.05) is 30.5 Å². The number of ether oxygens (including phenoxy) is 1. The van der Waals surface area contributed by atoms with Gasteiger partial charge in [-0.1, -0.05) is 18.2 Å². The topological polar surface area (TPSA) is 75.9 Å². The molecule has 1 aliphatic rings. The van der Waals surface area contributed by atoms with Crippen LogP contribution in [0.3, 0.4) is 0 Å². The Morgan fingerprint density at radius 1 is 1.29 bits per heavy atom. The molecule has 1 saturated heterocycles. The SMILES string of the molecule is COc1ccc(C)cc1N1CC(C(=O)N(C)c2nc3ccccc3o2)CC1=O. The Balaban J connectivity index is 1.56. The second kappa shape index (κ2) is 6.99. The highest BCUT2D eigenvalue weighted by Gasteiger charge is 2.38. The predicted molar refractivity (Wildman–Crippen MR) is 106 cm³/mol. The molecule has 0 bridgehead atoms. The largest absolute Gasteiger partial charge is 0.495 e. The molecule has 2 amide bonds. The van der Waals surface area contributed by atoms with Crippen molar-refractivity contribution < 1.29 is 18.7 Å². The number of oxazole rings is 1. The van der Waals surface area contributed by atoms with E-state index < -0.39 is 5.92 Å². The number of para-hydroxylation sites is 2. The fourth-order valence-electron chi connectivity index (χ4n) is 3.49. The Hall–Kier alpha value is -3.35. The van der Waals surface area contributed by atoms with E-state index in [2.05, 4.69) is 4.98 Å². The lowest BCUT2D eigenvalue weighted by Crippen LogP contribution is -2.35. The van der Waals surface area contributed by atoms with Gasteiger partial charge in [-0.2, -0.15) is 4.98 Å². The number of rotatable bonds is 4. The van der Waals surface area contributed by atoms with Crippen molar-refractivity contribution >= 4 is 34.6 Å². The Kier molecular flexibility index (Phi) is 4.50. The smallest absolute Gasteiger partial charge is 0.304 e. The molecule has 0 N–H and O–H groups in total. The van der Waals surface area contributed by atoms with Gasteiger partial charge in [0.05, 0.1) is 18.7 Å².